The van der Waals surface area contributed by atoms with Crippen molar-refractivity contribution in [3.63, 3.8) is 0 Å². The topological polar surface area (TPSA) is 35.0 Å². The smallest absolute Gasteiger partial charge is 0.219 e. The zero-order chi connectivity index (χ0) is 13.0. The molecule has 0 atom stereocenters. The van der Waals surface area contributed by atoms with Crippen LogP contribution in [0.4, 0.5) is 4.39 Å². The third-order valence-electron chi connectivity index (χ3n) is 2.68. The molecule has 3 nitrogen and oxygen atoms in total. The molecule has 2 rings (SSSR count). The third kappa shape index (κ3) is 2.64. The molecular formula is C14H15FN2O. The van der Waals surface area contributed by atoms with E-state index in [4.69, 9.17) is 4.74 Å². The Morgan fingerprint density at radius 3 is 2.50 bits per heavy atom. The summed E-state index contributed by atoms with van der Waals surface area (Å²) >= 11 is 0. The molecule has 0 N–H and O–H groups in total. The highest BCUT2D eigenvalue weighted by molar-refractivity contribution is 5.56. The Labute approximate surface area is 106 Å². The van der Waals surface area contributed by atoms with Crippen LogP contribution in [-0.4, -0.2) is 17.1 Å². The molecule has 0 saturated heterocycles. The molecule has 0 unspecified atom stereocenters. The predicted molar refractivity (Wildman–Crippen MR) is 68.0 cm³/mol. The summed E-state index contributed by atoms with van der Waals surface area (Å²) in [6.45, 7) is 2.00. The van der Waals surface area contributed by atoms with Crippen molar-refractivity contribution in [2.45, 2.75) is 19.8 Å². The van der Waals surface area contributed by atoms with E-state index in [9.17, 15) is 4.39 Å². The van der Waals surface area contributed by atoms with Gasteiger partial charge in [0.25, 0.3) is 0 Å². The molecular weight excluding hydrogens is 231 g/mol. The second-order valence-corrected chi connectivity index (χ2v) is 3.99. The maximum absolute atomic E-state index is 13.7. The summed E-state index contributed by atoms with van der Waals surface area (Å²) in [4.78, 5) is 8.09. The van der Waals surface area contributed by atoms with Crippen molar-refractivity contribution >= 4 is 0 Å². The molecule has 0 amide bonds. The summed E-state index contributed by atoms with van der Waals surface area (Å²) in [5.41, 5.74) is 1.34. The molecule has 1 aromatic carbocycles. The van der Waals surface area contributed by atoms with Gasteiger partial charge in [-0.05, 0) is 30.7 Å². The number of methoxy groups -OCH3 is 1. The van der Waals surface area contributed by atoms with Gasteiger partial charge in [-0.1, -0.05) is 13.3 Å². The van der Waals surface area contributed by atoms with Crippen molar-refractivity contribution < 1.29 is 9.13 Å². The summed E-state index contributed by atoms with van der Waals surface area (Å²) in [6.07, 6.45) is 3.10. The molecule has 1 heterocycles. The lowest BCUT2D eigenvalue weighted by molar-refractivity contribution is 0.415. The molecule has 94 valence electrons. The summed E-state index contributed by atoms with van der Waals surface area (Å²) in [6, 6.07) is 7.23. The lowest BCUT2D eigenvalue weighted by Crippen LogP contribution is -1.98. The van der Waals surface area contributed by atoms with Gasteiger partial charge in [-0.3, -0.25) is 0 Å². The minimum atomic E-state index is -0.433. The third-order valence-corrected chi connectivity index (χ3v) is 2.68. The number of aromatic nitrogens is 2. The monoisotopic (exact) mass is 246 g/mol. The fourth-order valence-corrected chi connectivity index (χ4v) is 1.70. The Bertz CT molecular complexity index is 526. The highest BCUT2D eigenvalue weighted by Gasteiger charge is 2.07. The predicted octanol–water partition coefficient (Wildman–Crippen LogP) is 3.24. The van der Waals surface area contributed by atoms with E-state index in [0.717, 1.165) is 17.7 Å². The van der Waals surface area contributed by atoms with Crippen LogP contribution in [0.5, 0.6) is 5.75 Å². The quantitative estimate of drug-likeness (QED) is 0.777. The van der Waals surface area contributed by atoms with Gasteiger partial charge in [-0.15, -0.1) is 0 Å². The molecule has 0 fully saturated rings. The van der Waals surface area contributed by atoms with Crippen molar-refractivity contribution in [3.8, 4) is 17.1 Å². The van der Waals surface area contributed by atoms with Crippen molar-refractivity contribution in [2.24, 2.45) is 0 Å². The highest BCUT2D eigenvalue weighted by Crippen LogP contribution is 2.20. The molecule has 1 aromatic heterocycles. The van der Waals surface area contributed by atoms with Gasteiger partial charge in [0.2, 0.25) is 5.95 Å². The fraction of sp³-hybridized carbons (Fsp3) is 0.286. The van der Waals surface area contributed by atoms with E-state index in [1.807, 2.05) is 19.1 Å². The summed E-state index contributed by atoms with van der Waals surface area (Å²) in [5.74, 6) is 0.717. The first-order chi connectivity index (χ1) is 8.74. The number of nitrogens with zero attached hydrogens (tertiary/aromatic N) is 2. The van der Waals surface area contributed by atoms with Crippen LogP contribution in [0.25, 0.3) is 11.4 Å². The number of aryl methyl sites for hydroxylation is 1. The second-order valence-electron chi connectivity index (χ2n) is 3.99. The minimum Gasteiger partial charge on any atom is -0.497 e. The molecule has 2 aromatic rings. The molecule has 0 saturated carbocycles. The van der Waals surface area contributed by atoms with Gasteiger partial charge in [-0.2, -0.15) is 9.37 Å². The van der Waals surface area contributed by atoms with Gasteiger partial charge in [-0.25, -0.2) is 4.98 Å². The zero-order valence-electron chi connectivity index (χ0n) is 10.5. The number of hydrogen-bond donors (Lipinski definition) is 0. The lowest BCUT2D eigenvalue weighted by atomic mass is 10.1. The average Bonchev–Trinajstić information content (AvgIpc) is 2.41. The Morgan fingerprint density at radius 1 is 1.22 bits per heavy atom. The first-order valence-electron chi connectivity index (χ1n) is 5.90. The van der Waals surface area contributed by atoms with Crippen molar-refractivity contribution in [3.05, 3.63) is 42.0 Å². The molecule has 0 aliphatic carbocycles. The standard InChI is InChI=1S/C14H15FN2O/c1-3-4-11-9-16-14(17-13(11)15)10-5-7-12(18-2)8-6-10/h5-9H,3-4H2,1-2H3. The maximum atomic E-state index is 13.7. The van der Waals surface area contributed by atoms with E-state index in [2.05, 4.69) is 9.97 Å². The number of rotatable bonds is 4. The zero-order valence-corrected chi connectivity index (χ0v) is 10.5. The summed E-state index contributed by atoms with van der Waals surface area (Å²) in [5, 5.41) is 0. The second kappa shape index (κ2) is 5.58. The van der Waals surface area contributed by atoms with Crippen molar-refractivity contribution in [2.75, 3.05) is 7.11 Å². The highest BCUT2D eigenvalue weighted by atomic mass is 19.1. The van der Waals surface area contributed by atoms with Crippen LogP contribution in [0.3, 0.4) is 0 Å². The van der Waals surface area contributed by atoms with Crippen molar-refractivity contribution in [1.82, 2.24) is 9.97 Å². The van der Waals surface area contributed by atoms with Crippen LogP contribution in [0.15, 0.2) is 30.5 Å². The number of benzene rings is 1. The minimum absolute atomic E-state index is 0.398. The van der Waals surface area contributed by atoms with E-state index in [1.165, 1.54) is 0 Å². The van der Waals surface area contributed by atoms with Crippen LogP contribution in [0.2, 0.25) is 0 Å². The molecule has 0 spiro atoms. The SMILES string of the molecule is CCCc1cnc(-c2ccc(OC)cc2)nc1F. The van der Waals surface area contributed by atoms with Crippen LogP contribution >= 0.6 is 0 Å². The van der Waals surface area contributed by atoms with Gasteiger partial charge in [0.05, 0.1) is 7.11 Å². The lowest BCUT2D eigenvalue weighted by Gasteiger charge is -2.04. The number of halogens is 1. The van der Waals surface area contributed by atoms with Crippen LogP contribution in [-0.2, 0) is 6.42 Å². The number of ether oxygens (including phenoxy) is 1. The van der Waals surface area contributed by atoms with E-state index in [1.54, 1.807) is 25.4 Å². The Hall–Kier alpha value is -1.97. The van der Waals surface area contributed by atoms with E-state index >= 15 is 0 Å². The molecule has 0 bridgehead atoms. The number of hydrogen-bond acceptors (Lipinski definition) is 3. The van der Waals surface area contributed by atoms with Gasteiger partial charge in [0.15, 0.2) is 5.82 Å². The first kappa shape index (κ1) is 12.5. The van der Waals surface area contributed by atoms with Crippen LogP contribution < -0.4 is 4.74 Å². The van der Waals surface area contributed by atoms with Crippen LogP contribution in [0, 0.1) is 5.95 Å². The van der Waals surface area contributed by atoms with E-state index in [0.29, 0.717) is 17.8 Å². The first-order valence-corrected chi connectivity index (χ1v) is 5.90. The normalized spacial score (nSPS) is 10.4. The van der Waals surface area contributed by atoms with Gasteiger partial charge in [0.1, 0.15) is 5.75 Å². The summed E-state index contributed by atoms with van der Waals surface area (Å²) < 4.78 is 18.8. The Morgan fingerprint density at radius 2 is 1.94 bits per heavy atom. The van der Waals surface area contributed by atoms with Gasteiger partial charge < -0.3 is 4.74 Å². The molecule has 0 aliphatic rings. The molecule has 0 radical (unpaired) electrons. The average molecular weight is 246 g/mol. The Kier molecular flexibility index (Phi) is 3.87. The maximum Gasteiger partial charge on any atom is 0.219 e. The molecule has 18 heavy (non-hydrogen) atoms. The largest absolute Gasteiger partial charge is 0.497 e. The molecule has 0 aliphatic heterocycles. The fourth-order valence-electron chi connectivity index (χ4n) is 1.70. The summed E-state index contributed by atoms with van der Waals surface area (Å²) in [7, 11) is 1.60. The van der Waals surface area contributed by atoms with Gasteiger partial charge in [0, 0.05) is 17.3 Å². The van der Waals surface area contributed by atoms with Crippen molar-refractivity contribution in [1.29, 1.82) is 0 Å². The molecule has 4 heteroatoms. The van der Waals surface area contributed by atoms with Gasteiger partial charge >= 0.3 is 0 Å². The van der Waals surface area contributed by atoms with E-state index in [-0.39, 0.29) is 0 Å². The van der Waals surface area contributed by atoms with Crippen LogP contribution in [0.1, 0.15) is 18.9 Å². The Balaban J connectivity index is 2.30. The van der Waals surface area contributed by atoms with E-state index < -0.39 is 5.95 Å².